The van der Waals surface area contributed by atoms with E-state index in [0.29, 0.717) is 19.1 Å². The molecule has 2 N–H and O–H groups in total. The number of fused-ring (bicyclic) bond motifs is 1. The van der Waals surface area contributed by atoms with Crippen LogP contribution in [0.2, 0.25) is 0 Å². The lowest BCUT2D eigenvalue weighted by Gasteiger charge is -2.41. The molecule has 1 fully saturated rings. The molecular weight excluding hydrogens is 300 g/mol. The van der Waals surface area contributed by atoms with Crippen LogP contribution in [0.4, 0.5) is 0 Å². The largest absolute Gasteiger partial charge is 0.363 e. The summed E-state index contributed by atoms with van der Waals surface area (Å²) in [7, 11) is 0. The fourth-order valence-electron chi connectivity index (χ4n) is 3.63. The monoisotopic (exact) mass is 324 g/mol. The number of hydrogen-bond donors (Lipinski definition) is 1. The molecule has 4 nitrogen and oxygen atoms in total. The van der Waals surface area contributed by atoms with Gasteiger partial charge in [0.05, 0.1) is 6.61 Å². The van der Waals surface area contributed by atoms with Crippen molar-refractivity contribution in [3.8, 4) is 0 Å². The zero-order valence-corrected chi connectivity index (χ0v) is 13.8. The van der Waals surface area contributed by atoms with Gasteiger partial charge in [0.25, 0.3) is 5.91 Å². The number of rotatable bonds is 2. The topological polar surface area (TPSA) is 55.6 Å². The number of amides is 1. The molecule has 0 radical (unpaired) electrons. The van der Waals surface area contributed by atoms with Crippen LogP contribution in [0.5, 0.6) is 0 Å². The third-order valence-electron chi connectivity index (χ3n) is 4.86. The second-order valence-electron chi connectivity index (χ2n) is 6.15. The van der Waals surface area contributed by atoms with Crippen molar-refractivity contribution in [1.29, 1.82) is 0 Å². The summed E-state index contributed by atoms with van der Waals surface area (Å²) in [6, 6.07) is 8.26. The molecule has 3 rings (SSSR count). The Balaban J connectivity index is 0.00000176. The molecule has 1 amide bonds. The quantitative estimate of drug-likeness (QED) is 0.908. The van der Waals surface area contributed by atoms with E-state index in [1.807, 2.05) is 23.1 Å². The number of piperidine rings is 1. The summed E-state index contributed by atoms with van der Waals surface area (Å²) in [6.07, 6.45) is 2.64. The Kier molecular flexibility index (Phi) is 5.84. The summed E-state index contributed by atoms with van der Waals surface area (Å²) in [4.78, 5) is 14.9. The van der Waals surface area contributed by atoms with Crippen molar-refractivity contribution in [2.24, 2.45) is 11.7 Å². The summed E-state index contributed by atoms with van der Waals surface area (Å²) in [5, 5.41) is 0. The lowest BCUT2D eigenvalue weighted by atomic mass is 9.89. The molecule has 2 aliphatic rings. The van der Waals surface area contributed by atoms with E-state index in [9.17, 15) is 4.79 Å². The number of nitrogens with zero attached hydrogens (tertiary/aromatic N) is 1. The van der Waals surface area contributed by atoms with Gasteiger partial charge in [-0.3, -0.25) is 4.79 Å². The highest BCUT2D eigenvalue weighted by Gasteiger charge is 2.37. The number of benzene rings is 1. The number of nitrogens with two attached hydrogens (primary N) is 1. The Morgan fingerprint density at radius 1 is 1.41 bits per heavy atom. The molecular formula is C17H25ClN2O2. The average Bonchev–Trinajstić information content (AvgIpc) is 2.53. The van der Waals surface area contributed by atoms with Gasteiger partial charge in [-0.05, 0) is 36.3 Å². The van der Waals surface area contributed by atoms with Crippen molar-refractivity contribution in [3.63, 3.8) is 0 Å². The van der Waals surface area contributed by atoms with Crippen molar-refractivity contribution in [2.75, 3.05) is 19.7 Å². The van der Waals surface area contributed by atoms with Crippen LogP contribution in [0, 0.1) is 5.92 Å². The molecule has 122 valence electrons. The van der Waals surface area contributed by atoms with Gasteiger partial charge in [-0.15, -0.1) is 12.4 Å². The van der Waals surface area contributed by atoms with Gasteiger partial charge in [-0.1, -0.05) is 31.2 Å². The average molecular weight is 325 g/mol. The minimum absolute atomic E-state index is 0. The Bertz CT molecular complexity index is 523. The zero-order valence-electron chi connectivity index (χ0n) is 13.0. The Morgan fingerprint density at radius 2 is 2.18 bits per heavy atom. The van der Waals surface area contributed by atoms with E-state index in [-0.39, 0.29) is 24.4 Å². The smallest absolute Gasteiger partial charge is 0.256 e. The van der Waals surface area contributed by atoms with Crippen molar-refractivity contribution in [3.05, 3.63) is 35.4 Å². The SMILES string of the molecule is CC1CCCN(C(=O)C2OCCc3ccccc32)C1CN.Cl. The third kappa shape index (κ3) is 3.14. The molecule has 0 aliphatic carbocycles. The van der Waals surface area contributed by atoms with E-state index in [2.05, 4.69) is 13.0 Å². The molecule has 5 heteroatoms. The fourth-order valence-corrected chi connectivity index (χ4v) is 3.63. The molecule has 0 bridgehead atoms. The molecule has 1 aromatic carbocycles. The van der Waals surface area contributed by atoms with Crippen LogP contribution in [-0.4, -0.2) is 36.5 Å². The highest BCUT2D eigenvalue weighted by molar-refractivity contribution is 5.85. The number of likely N-dealkylation sites (tertiary alicyclic amines) is 1. The minimum atomic E-state index is -0.450. The number of ether oxygens (including phenoxy) is 1. The number of halogens is 1. The normalized spacial score (nSPS) is 27.7. The molecule has 3 unspecified atom stereocenters. The molecule has 22 heavy (non-hydrogen) atoms. The van der Waals surface area contributed by atoms with Crippen LogP contribution < -0.4 is 5.73 Å². The minimum Gasteiger partial charge on any atom is -0.363 e. The van der Waals surface area contributed by atoms with Crippen LogP contribution in [0.3, 0.4) is 0 Å². The van der Waals surface area contributed by atoms with Crippen molar-refractivity contribution in [1.82, 2.24) is 4.90 Å². The van der Waals surface area contributed by atoms with Gasteiger partial charge in [0.1, 0.15) is 0 Å². The summed E-state index contributed by atoms with van der Waals surface area (Å²) in [6.45, 7) is 4.13. The summed E-state index contributed by atoms with van der Waals surface area (Å²) < 4.78 is 5.82. The predicted octanol–water partition coefficient (Wildman–Crippen LogP) is 2.31. The molecule has 0 saturated carbocycles. The second kappa shape index (κ2) is 7.44. The van der Waals surface area contributed by atoms with Crippen LogP contribution >= 0.6 is 12.4 Å². The maximum Gasteiger partial charge on any atom is 0.256 e. The molecule has 2 aliphatic heterocycles. The lowest BCUT2D eigenvalue weighted by Crippen LogP contribution is -2.53. The number of carbonyl (C=O) groups excluding carboxylic acids is 1. The van der Waals surface area contributed by atoms with E-state index in [4.69, 9.17) is 10.5 Å². The first-order valence-electron chi connectivity index (χ1n) is 7.92. The molecule has 3 atom stereocenters. The van der Waals surface area contributed by atoms with Gasteiger partial charge in [0, 0.05) is 19.1 Å². The lowest BCUT2D eigenvalue weighted by molar-refractivity contribution is -0.150. The van der Waals surface area contributed by atoms with E-state index in [1.54, 1.807) is 0 Å². The number of hydrogen-bond acceptors (Lipinski definition) is 3. The second-order valence-corrected chi connectivity index (χ2v) is 6.15. The predicted molar refractivity (Wildman–Crippen MR) is 89.0 cm³/mol. The van der Waals surface area contributed by atoms with E-state index in [1.165, 1.54) is 5.56 Å². The van der Waals surface area contributed by atoms with E-state index < -0.39 is 6.10 Å². The first-order chi connectivity index (χ1) is 10.2. The number of carbonyl (C=O) groups is 1. The molecule has 1 saturated heterocycles. The van der Waals surface area contributed by atoms with E-state index in [0.717, 1.165) is 31.4 Å². The standard InChI is InChI=1S/C17H24N2O2.ClH/c1-12-5-4-9-19(15(12)11-18)17(20)16-14-7-3-2-6-13(14)8-10-21-16;/h2-3,6-7,12,15-16H,4-5,8-11,18H2,1H3;1H. The summed E-state index contributed by atoms with van der Waals surface area (Å²) >= 11 is 0. The zero-order chi connectivity index (χ0) is 14.8. The summed E-state index contributed by atoms with van der Waals surface area (Å²) in [5.74, 6) is 0.552. The van der Waals surface area contributed by atoms with Gasteiger partial charge in [-0.2, -0.15) is 0 Å². The maximum absolute atomic E-state index is 13.0. The third-order valence-corrected chi connectivity index (χ3v) is 4.86. The molecule has 0 spiro atoms. The van der Waals surface area contributed by atoms with Gasteiger partial charge >= 0.3 is 0 Å². The molecule has 2 heterocycles. The summed E-state index contributed by atoms with van der Waals surface area (Å²) in [5.41, 5.74) is 8.17. The van der Waals surface area contributed by atoms with Gasteiger partial charge in [-0.25, -0.2) is 0 Å². The van der Waals surface area contributed by atoms with E-state index >= 15 is 0 Å². The Morgan fingerprint density at radius 3 is 2.95 bits per heavy atom. The van der Waals surface area contributed by atoms with Crippen molar-refractivity contribution in [2.45, 2.75) is 38.3 Å². The first-order valence-corrected chi connectivity index (χ1v) is 7.92. The fraction of sp³-hybridized carbons (Fsp3) is 0.588. The van der Waals surface area contributed by atoms with Crippen molar-refractivity contribution >= 4 is 18.3 Å². The maximum atomic E-state index is 13.0. The Labute approximate surface area is 138 Å². The van der Waals surface area contributed by atoms with Crippen LogP contribution in [0.1, 0.15) is 37.0 Å². The molecule has 1 aromatic rings. The van der Waals surface area contributed by atoms with Gasteiger partial charge in [0.2, 0.25) is 0 Å². The highest BCUT2D eigenvalue weighted by Crippen LogP contribution is 2.32. The molecule has 0 aromatic heterocycles. The van der Waals surface area contributed by atoms with Crippen LogP contribution in [0.15, 0.2) is 24.3 Å². The van der Waals surface area contributed by atoms with Crippen LogP contribution in [0.25, 0.3) is 0 Å². The van der Waals surface area contributed by atoms with Gasteiger partial charge < -0.3 is 15.4 Å². The van der Waals surface area contributed by atoms with Crippen molar-refractivity contribution < 1.29 is 9.53 Å². The van der Waals surface area contributed by atoms with Crippen LogP contribution in [-0.2, 0) is 16.0 Å². The highest BCUT2D eigenvalue weighted by atomic mass is 35.5. The first kappa shape index (κ1) is 17.3. The Hall–Kier alpha value is -1.10. The van der Waals surface area contributed by atoms with Gasteiger partial charge in [0.15, 0.2) is 6.10 Å².